The molecule has 0 N–H and O–H groups in total. The van der Waals surface area contributed by atoms with Crippen molar-refractivity contribution >= 4 is 5.91 Å². The predicted molar refractivity (Wildman–Crippen MR) is 80.0 cm³/mol. The maximum atomic E-state index is 12.6. The molecule has 0 atom stereocenters. The number of allylic oxidation sites excluding steroid dienone is 5. The zero-order valence-electron chi connectivity index (χ0n) is 12.0. The Hall–Kier alpha value is -1.79. The Morgan fingerprint density at radius 1 is 1.20 bits per heavy atom. The van der Waals surface area contributed by atoms with Crippen LogP contribution in [-0.4, -0.2) is 48.9 Å². The molecule has 3 nitrogen and oxygen atoms in total. The highest BCUT2D eigenvalue weighted by Gasteiger charge is 2.27. The van der Waals surface area contributed by atoms with Crippen molar-refractivity contribution in [3.05, 3.63) is 34.4 Å². The van der Waals surface area contributed by atoms with Crippen molar-refractivity contribution in [1.82, 2.24) is 9.80 Å². The van der Waals surface area contributed by atoms with E-state index in [1.807, 2.05) is 11.0 Å². The van der Waals surface area contributed by atoms with Gasteiger partial charge in [0.15, 0.2) is 0 Å². The van der Waals surface area contributed by atoms with Crippen LogP contribution in [-0.2, 0) is 4.79 Å². The van der Waals surface area contributed by atoms with E-state index in [9.17, 15) is 4.79 Å². The molecule has 0 aromatic carbocycles. The molecule has 0 radical (unpaired) electrons. The number of carbonyl (C=O) groups excluding carboxylic acids is 1. The summed E-state index contributed by atoms with van der Waals surface area (Å²) in [5.41, 5.74) is 4.55. The SMILES string of the molecule is C#CC1=CC2=C(CC1)CC(C(=O)N1CCN(C)CC1)=C2. The number of nitrogens with zero attached hydrogens (tertiary/aromatic N) is 2. The number of likely N-dealkylation sites (N-methyl/N-ethyl adjacent to an activating group) is 1. The molecule has 1 aliphatic heterocycles. The van der Waals surface area contributed by atoms with Crippen LogP contribution in [0.15, 0.2) is 34.4 Å². The predicted octanol–water partition coefficient (Wildman–Crippen LogP) is 1.74. The molecule has 2 aliphatic carbocycles. The van der Waals surface area contributed by atoms with Gasteiger partial charge in [0.25, 0.3) is 0 Å². The van der Waals surface area contributed by atoms with Crippen LogP contribution in [0.4, 0.5) is 0 Å². The van der Waals surface area contributed by atoms with E-state index >= 15 is 0 Å². The van der Waals surface area contributed by atoms with Gasteiger partial charge >= 0.3 is 0 Å². The Morgan fingerprint density at radius 3 is 2.65 bits per heavy atom. The van der Waals surface area contributed by atoms with Gasteiger partial charge in [-0.25, -0.2) is 0 Å². The van der Waals surface area contributed by atoms with Gasteiger partial charge in [0.2, 0.25) is 5.91 Å². The summed E-state index contributed by atoms with van der Waals surface area (Å²) >= 11 is 0. The highest BCUT2D eigenvalue weighted by atomic mass is 16.2. The second kappa shape index (κ2) is 5.30. The van der Waals surface area contributed by atoms with Crippen molar-refractivity contribution in [1.29, 1.82) is 0 Å². The van der Waals surface area contributed by atoms with Gasteiger partial charge in [-0.1, -0.05) is 11.5 Å². The molecule has 3 rings (SSSR count). The van der Waals surface area contributed by atoms with Crippen molar-refractivity contribution in [2.24, 2.45) is 0 Å². The number of rotatable bonds is 1. The molecule has 104 valence electrons. The highest BCUT2D eigenvalue weighted by Crippen LogP contribution is 2.35. The van der Waals surface area contributed by atoms with E-state index < -0.39 is 0 Å². The molecule has 1 heterocycles. The van der Waals surface area contributed by atoms with Gasteiger partial charge in [-0.2, -0.15) is 0 Å². The third-order valence-electron chi connectivity index (χ3n) is 4.42. The molecule has 0 bridgehead atoms. The number of hydrogen-bond acceptors (Lipinski definition) is 2. The van der Waals surface area contributed by atoms with Gasteiger partial charge in [-0.3, -0.25) is 4.79 Å². The quantitative estimate of drug-likeness (QED) is 0.676. The van der Waals surface area contributed by atoms with Crippen molar-refractivity contribution in [2.45, 2.75) is 19.3 Å². The molecule has 3 heteroatoms. The summed E-state index contributed by atoms with van der Waals surface area (Å²) < 4.78 is 0. The highest BCUT2D eigenvalue weighted by molar-refractivity contribution is 5.95. The summed E-state index contributed by atoms with van der Waals surface area (Å²) in [6.07, 6.45) is 12.3. The standard InChI is InChI=1S/C17H20N2O/c1-3-13-4-5-14-11-16(12-15(14)10-13)17(20)19-8-6-18(2)7-9-19/h1,10,12H,4-9,11H2,2H3. The van der Waals surface area contributed by atoms with E-state index in [0.717, 1.165) is 56.6 Å². The summed E-state index contributed by atoms with van der Waals surface area (Å²) in [4.78, 5) is 16.8. The average Bonchev–Trinajstić information content (AvgIpc) is 2.90. The van der Waals surface area contributed by atoms with Crippen LogP contribution in [0.2, 0.25) is 0 Å². The summed E-state index contributed by atoms with van der Waals surface area (Å²) in [5, 5.41) is 0. The lowest BCUT2D eigenvalue weighted by atomic mass is 9.94. The van der Waals surface area contributed by atoms with E-state index in [4.69, 9.17) is 6.42 Å². The van der Waals surface area contributed by atoms with E-state index in [1.165, 1.54) is 11.1 Å². The van der Waals surface area contributed by atoms with Gasteiger partial charge in [-0.05, 0) is 44.0 Å². The lowest BCUT2D eigenvalue weighted by Gasteiger charge is -2.32. The van der Waals surface area contributed by atoms with Crippen molar-refractivity contribution in [3.8, 4) is 12.3 Å². The Bertz CT molecular complexity index is 566. The second-order valence-corrected chi connectivity index (χ2v) is 5.81. The van der Waals surface area contributed by atoms with Crippen molar-refractivity contribution in [3.63, 3.8) is 0 Å². The third kappa shape index (κ3) is 2.44. The molecule has 0 aromatic heterocycles. The maximum Gasteiger partial charge on any atom is 0.250 e. The van der Waals surface area contributed by atoms with E-state index in [0.29, 0.717) is 0 Å². The molecule has 0 unspecified atom stereocenters. The summed E-state index contributed by atoms with van der Waals surface area (Å²) in [6.45, 7) is 3.60. The molecule has 0 saturated carbocycles. The molecule has 20 heavy (non-hydrogen) atoms. The topological polar surface area (TPSA) is 23.6 Å². The van der Waals surface area contributed by atoms with Crippen LogP contribution in [0.3, 0.4) is 0 Å². The van der Waals surface area contributed by atoms with Crippen LogP contribution in [0, 0.1) is 12.3 Å². The fourth-order valence-corrected chi connectivity index (χ4v) is 3.06. The molecule has 3 aliphatic rings. The Kier molecular flexibility index (Phi) is 3.50. The van der Waals surface area contributed by atoms with E-state index in [-0.39, 0.29) is 5.91 Å². The first-order valence-electron chi connectivity index (χ1n) is 7.25. The van der Waals surface area contributed by atoms with Crippen LogP contribution in [0.5, 0.6) is 0 Å². The minimum absolute atomic E-state index is 0.211. The number of piperazine rings is 1. The maximum absolute atomic E-state index is 12.6. The van der Waals surface area contributed by atoms with Gasteiger partial charge in [0.1, 0.15) is 0 Å². The van der Waals surface area contributed by atoms with Crippen molar-refractivity contribution < 1.29 is 4.79 Å². The number of amides is 1. The van der Waals surface area contributed by atoms with Crippen LogP contribution < -0.4 is 0 Å². The van der Waals surface area contributed by atoms with Gasteiger partial charge in [-0.15, -0.1) is 6.42 Å². The first-order chi connectivity index (χ1) is 9.67. The molecule has 0 aromatic rings. The normalized spacial score (nSPS) is 23.1. The van der Waals surface area contributed by atoms with E-state index in [2.05, 4.69) is 23.9 Å². The summed E-state index contributed by atoms with van der Waals surface area (Å²) in [7, 11) is 2.10. The number of hydrogen-bond donors (Lipinski definition) is 0. The minimum atomic E-state index is 0.211. The molecule has 1 fully saturated rings. The first-order valence-corrected chi connectivity index (χ1v) is 7.25. The smallest absolute Gasteiger partial charge is 0.250 e. The molecule has 0 spiro atoms. The van der Waals surface area contributed by atoms with Crippen LogP contribution >= 0.6 is 0 Å². The van der Waals surface area contributed by atoms with Gasteiger partial charge in [0, 0.05) is 37.3 Å². The average molecular weight is 268 g/mol. The molecule has 1 amide bonds. The Morgan fingerprint density at radius 2 is 1.95 bits per heavy atom. The lowest BCUT2D eigenvalue weighted by molar-refractivity contribution is -0.128. The number of terminal acetylenes is 1. The minimum Gasteiger partial charge on any atom is -0.336 e. The largest absolute Gasteiger partial charge is 0.336 e. The zero-order chi connectivity index (χ0) is 14.1. The lowest BCUT2D eigenvalue weighted by Crippen LogP contribution is -2.47. The Balaban J connectivity index is 1.70. The molecular weight excluding hydrogens is 248 g/mol. The molecule has 1 saturated heterocycles. The summed E-state index contributed by atoms with van der Waals surface area (Å²) in [6, 6.07) is 0. The monoisotopic (exact) mass is 268 g/mol. The fourth-order valence-electron chi connectivity index (χ4n) is 3.06. The van der Waals surface area contributed by atoms with Crippen LogP contribution in [0.1, 0.15) is 19.3 Å². The van der Waals surface area contributed by atoms with Crippen molar-refractivity contribution in [2.75, 3.05) is 33.2 Å². The molecular formula is C17H20N2O. The fraction of sp³-hybridized carbons (Fsp3) is 0.471. The van der Waals surface area contributed by atoms with Crippen LogP contribution in [0.25, 0.3) is 0 Å². The van der Waals surface area contributed by atoms with Gasteiger partial charge in [0.05, 0.1) is 0 Å². The summed E-state index contributed by atoms with van der Waals surface area (Å²) in [5.74, 6) is 2.94. The zero-order valence-corrected chi connectivity index (χ0v) is 12.0. The second-order valence-electron chi connectivity index (χ2n) is 5.81. The van der Waals surface area contributed by atoms with E-state index in [1.54, 1.807) is 0 Å². The first kappa shape index (κ1) is 13.2. The Labute approximate surface area is 120 Å². The third-order valence-corrected chi connectivity index (χ3v) is 4.42. The van der Waals surface area contributed by atoms with Gasteiger partial charge < -0.3 is 9.80 Å². The number of carbonyl (C=O) groups is 1.